The van der Waals surface area contributed by atoms with E-state index in [9.17, 15) is 19.2 Å². The first-order valence-corrected chi connectivity index (χ1v) is 23.5. The molecule has 0 bridgehead atoms. The van der Waals surface area contributed by atoms with E-state index in [1.165, 1.54) is 26.4 Å². The predicted octanol–water partition coefficient (Wildman–Crippen LogP) is 7.70. The molecule has 374 valence electrons. The van der Waals surface area contributed by atoms with Crippen molar-refractivity contribution in [2.24, 2.45) is 0 Å². The molecule has 6 aromatic rings. The van der Waals surface area contributed by atoms with Gasteiger partial charge < -0.3 is 54.0 Å². The van der Waals surface area contributed by atoms with Gasteiger partial charge in [0.1, 0.15) is 24.0 Å². The Morgan fingerprint density at radius 3 is 1.90 bits per heavy atom. The van der Waals surface area contributed by atoms with Gasteiger partial charge in [-0.25, -0.2) is 14.8 Å². The first-order chi connectivity index (χ1) is 34.0. The smallest absolute Gasteiger partial charge is 0.407 e. The molecule has 17 nitrogen and oxygen atoms in total. The largest absolute Gasteiger partial charge is 0.453 e. The number of benzene rings is 4. The van der Waals surface area contributed by atoms with Crippen LogP contribution < -0.4 is 10.6 Å². The molecule has 3 amide bonds. The lowest BCUT2D eigenvalue weighted by Gasteiger charge is -2.30. The Hall–Kier alpha value is -6.76. The van der Waals surface area contributed by atoms with Crippen molar-refractivity contribution < 1.29 is 42.9 Å². The van der Waals surface area contributed by atoms with E-state index in [1.54, 1.807) is 56.5 Å². The summed E-state index contributed by atoms with van der Waals surface area (Å²) in [5.41, 5.74) is 6.98. The summed E-state index contributed by atoms with van der Waals surface area (Å²) in [6, 6.07) is 29.6. The molecule has 2 aliphatic rings. The first-order valence-electron chi connectivity index (χ1n) is 23.5. The van der Waals surface area contributed by atoms with E-state index < -0.39 is 17.9 Å². The Kier molecular flexibility index (Phi) is 22.2. The molecule has 1 atom stereocenters. The average Bonchev–Trinajstić information content (AvgIpc) is 4.18. The zero-order chi connectivity index (χ0) is 50.1. The van der Waals surface area contributed by atoms with Gasteiger partial charge in [-0.15, -0.1) is 0 Å². The SMILES string of the molecule is C1CCOCC1.CCCN(C)Cc1ncc(-c2ccc(-c3ccc4cc(-c5cnc(CN(CC6(C)OCCO6)C(=O)CNC=O)[nH]5)ccc4c3)cc2)[nH]1.COC.COC(=O)NC(C=O)c1ccccc1. The number of methoxy groups -OCH3 is 2. The number of hydrogen-bond acceptors (Lipinski definition) is 12. The van der Waals surface area contributed by atoms with Gasteiger partial charge in [-0.1, -0.05) is 85.8 Å². The quantitative estimate of drug-likeness (QED) is 0.0650. The topological polar surface area (TPSA) is 202 Å². The van der Waals surface area contributed by atoms with Crippen molar-refractivity contribution in [2.45, 2.75) is 64.4 Å². The molecule has 0 spiro atoms. The highest BCUT2D eigenvalue weighted by atomic mass is 16.7. The third-order valence-corrected chi connectivity index (χ3v) is 11.2. The summed E-state index contributed by atoms with van der Waals surface area (Å²) in [6.45, 7) is 9.08. The van der Waals surface area contributed by atoms with Crippen LogP contribution in [0, 0.1) is 0 Å². The van der Waals surface area contributed by atoms with Crippen molar-refractivity contribution in [3.8, 4) is 33.6 Å². The molecule has 70 heavy (non-hydrogen) atoms. The Bertz CT molecular complexity index is 2490. The van der Waals surface area contributed by atoms with Crippen LogP contribution in [0.2, 0.25) is 0 Å². The number of aromatic nitrogens is 4. The van der Waals surface area contributed by atoms with Crippen LogP contribution in [0.5, 0.6) is 0 Å². The Morgan fingerprint density at radius 2 is 1.34 bits per heavy atom. The summed E-state index contributed by atoms with van der Waals surface area (Å²) >= 11 is 0. The van der Waals surface area contributed by atoms with Gasteiger partial charge in [-0.2, -0.15) is 0 Å². The van der Waals surface area contributed by atoms with E-state index in [0.717, 1.165) is 88.5 Å². The maximum absolute atomic E-state index is 12.9. The van der Waals surface area contributed by atoms with Gasteiger partial charge >= 0.3 is 6.09 Å². The number of aromatic amines is 2. The average molecular weight is 961 g/mol. The maximum Gasteiger partial charge on any atom is 0.407 e. The van der Waals surface area contributed by atoms with E-state index in [-0.39, 0.29) is 25.5 Å². The van der Waals surface area contributed by atoms with Crippen LogP contribution in [0.1, 0.15) is 62.8 Å². The lowest BCUT2D eigenvalue weighted by Crippen LogP contribution is -2.47. The standard InChI is InChI=1S/C36H41N7O4.C10H11NO3.C5H10O.C2H6O/c1-4-13-42(3)21-33-38-18-31(40-33)26-7-5-25(6-8-26)27-9-10-29-17-30(12-11-28(29)16-27)32-19-39-34(41-32)22-43(35(45)20-37-24-44)23-36(2)46-14-15-47-36;1-14-10(13)11-9(7-12)8-5-3-2-4-6-8;1-2-4-6-5-3-1;1-3-2/h5-12,16-19,24H,4,13-15,20-23H2,1-3H3,(H,37,44)(H,38,40)(H,39,41);2-7,9H,1H3,(H,11,13);1-5H2;1-2H3. The van der Waals surface area contributed by atoms with Crippen LogP contribution in [0.15, 0.2) is 103 Å². The molecule has 17 heteroatoms. The van der Waals surface area contributed by atoms with Crippen LogP contribution >= 0.6 is 0 Å². The molecule has 0 radical (unpaired) electrons. The van der Waals surface area contributed by atoms with Crippen LogP contribution in [-0.4, -0.2) is 135 Å². The van der Waals surface area contributed by atoms with E-state index in [2.05, 4.69) is 120 Å². The second-order valence-electron chi connectivity index (χ2n) is 16.9. The summed E-state index contributed by atoms with van der Waals surface area (Å²) in [4.78, 5) is 65.0. The lowest BCUT2D eigenvalue weighted by molar-refractivity contribution is -0.167. The summed E-state index contributed by atoms with van der Waals surface area (Å²) in [7, 11) is 6.61. The number of aldehydes is 1. The van der Waals surface area contributed by atoms with E-state index in [1.807, 2.05) is 12.3 Å². The summed E-state index contributed by atoms with van der Waals surface area (Å²) in [6.07, 6.45) is 9.28. The highest BCUT2D eigenvalue weighted by molar-refractivity contribution is 5.90. The van der Waals surface area contributed by atoms with Gasteiger partial charge in [0.2, 0.25) is 12.3 Å². The number of fused-ring (bicyclic) bond motifs is 1. The van der Waals surface area contributed by atoms with Crippen molar-refractivity contribution in [1.82, 2.24) is 40.4 Å². The number of amides is 3. The van der Waals surface area contributed by atoms with Gasteiger partial charge in [0.15, 0.2) is 5.79 Å². The monoisotopic (exact) mass is 961 g/mol. The number of imidazole rings is 2. The number of nitrogens with zero attached hydrogens (tertiary/aromatic N) is 4. The first kappa shape index (κ1) is 54.2. The Balaban J connectivity index is 0.000000325. The number of alkyl carbamates (subject to hydrolysis) is 1. The second-order valence-corrected chi connectivity index (χ2v) is 16.9. The fourth-order valence-electron chi connectivity index (χ4n) is 7.71. The molecular formula is C53H68N8O9. The van der Waals surface area contributed by atoms with E-state index in [4.69, 9.17) is 14.2 Å². The molecular weight excluding hydrogens is 893 g/mol. The highest BCUT2D eigenvalue weighted by Crippen LogP contribution is 2.30. The number of hydrogen-bond donors (Lipinski definition) is 4. The van der Waals surface area contributed by atoms with Gasteiger partial charge in [0, 0.05) is 33.0 Å². The van der Waals surface area contributed by atoms with Crippen LogP contribution in [-0.2, 0) is 51.2 Å². The van der Waals surface area contributed by atoms with Gasteiger partial charge in [-0.05, 0) is 91.4 Å². The van der Waals surface area contributed by atoms with Gasteiger partial charge in [0.05, 0.1) is 70.3 Å². The normalized spacial score (nSPS) is 14.1. The number of nitrogens with one attached hydrogen (secondary N) is 4. The minimum absolute atomic E-state index is 0.119. The number of ether oxygens (including phenoxy) is 5. The Labute approximate surface area is 410 Å². The van der Waals surface area contributed by atoms with Crippen LogP contribution in [0.4, 0.5) is 4.79 Å². The number of rotatable bonds is 17. The number of carbonyl (C=O) groups excluding carboxylic acids is 4. The van der Waals surface area contributed by atoms with Crippen LogP contribution in [0.3, 0.4) is 0 Å². The number of carbonyl (C=O) groups is 4. The molecule has 4 heterocycles. The zero-order valence-corrected chi connectivity index (χ0v) is 41.2. The number of H-pyrrole nitrogens is 2. The third-order valence-electron chi connectivity index (χ3n) is 11.2. The fraction of sp³-hybridized carbons (Fsp3) is 0.396. The molecule has 4 aromatic carbocycles. The second kappa shape index (κ2) is 28.7. The third kappa shape index (κ3) is 17.0. The fourth-order valence-corrected chi connectivity index (χ4v) is 7.71. The zero-order valence-electron chi connectivity index (χ0n) is 41.2. The van der Waals surface area contributed by atoms with Crippen LogP contribution in [0.25, 0.3) is 44.4 Å². The van der Waals surface area contributed by atoms with Crippen molar-refractivity contribution in [2.75, 3.05) is 74.4 Å². The minimum Gasteiger partial charge on any atom is -0.453 e. The molecule has 2 aliphatic heterocycles. The Morgan fingerprint density at radius 1 is 0.771 bits per heavy atom. The molecule has 0 aliphatic carbocycles. The lowest BCUT2D eigenvalue weighted by atomic mass is 9.98. The van der Waals surface area contributed by atoms with Crippen molar-refractivity contribution >= 4 is 35.5 Å². The molecule has 0 saturated carbocycles. The molecule has 8 rings (SSSR count). The van der Waals surface area contributed by atoms with Gasteiger partial charge in [0.25, 0.3) is 0 Å². The van der Waals surface area contributed by atoms with Crippen molar-refractivity contribution in [1.29, 1.82) is 0 Å². The summed E-state index contributed by atoms with van der Waals surface area (Å²) in [5, 5.41) is 7.09. The predicted molar refractivity (Wildman–Crippen MR) is 269 cm³/mol. The molecule has 2 fully saturated rings. The summed E-state index contributed by atoms with van der Waals surface area (Å²) < 4.78 is 25.1. The molecule has 4 N–H and O–H groups in total. The maximum atomic E-state index is 12.9. The minimum atomic E-state index is -0.902. The van der Waals surface area contributed by atoms with E-state index in [0.29, 0.717) is 31.7 Å². The van der Waals surface area contributed by atoms with Crippen molar-refractivity contribution in [3.63, 3.8) is 0 Å². The van der Waals surface area contributed by atoms with E-state index >= 15 is 0 Å². The molecule has 2 aromatic heterocycles. The van der Waals surface area contributed by atoms with Gasteiger partial charge in [-0.3, -0.25) is 14.5 Å². The molecule has 2 saturated heterocycles. The molecule has 1 unspecified atom stereocenters. The summed E-state index contributed by atoms with van der Waals surface area (Å²) in [5.74, 6) is 0.434. The van der Waals surface area contributed by atoms with Crippen molar-refractivity contribution in [3.05, 3.63) is 121 Å². The highest BCUT2D eigenvalue weighted by Gasteiger charge is 2.35.